The Hall–Kier alpha value is -1.82. The molecule has 1 aromatic heterocycles. The normalized spacial score (nSPS) is 19.1. The van der Waals surface area contributed by atoms with Gasteiger partial charge in [-0.2, -0.15) is 16.9 Å². The maximum atomic E-state index is 12.5. The van der Waals surface area contributed by atoms with Gasteiger partial charge in [0.05, 0.1) is 5.69 Å². The first-order valence-electron chi connectivity index (χ1n) is 9.55. The number of benzene rings is 1. The molecule has 0 spiro atoms. The number of hydrogen-bond acceptors (Lipinski definition) is 5. The molecule has 0 aliphatic carbocycles. The Labute approximate surface area is 159 Å². The van der Waals surface area contributed by atoms with Crippen LogP contribution in [-0.2, 0) is 4.79 Å². The van der Waals surface area contributed by atoms with Crippen molar-refractivity contribution in [1.29, 1.82) is 0 Å². The molecule has 4 rings (SSSR count). The number of hydrogen-bond donors (Lipinski definition) is 0. The standard InChI is InChI=1S/C20H26N4OS/c1-15-17-4-2-3-5-18(17)20(22-21-15)24-8-6-16(7-9-24)14-19(25)23-10-12-26-13-11-23/h2-5,16H,6-14H2,1H3. The van der Waals surface area contributed by atoms with E-state index in [4.69, 9.17) is 0 Å². The van der Waals surface area contributed by atoms with Crippen molar-refractivity contribution >= 4 is 34.3 Å². The second-order valence-electron chi connectivity index (χ2n) is 7.28. The van der Waals surface area contributed by atoms with Gasteiger partial charge in [-0.25, -0.2) is 0 Å². The maximum absolute atomic E-state index is 12.5. The lowest BCUT2D eigenvalue weighted by Gasteiger charge is -2.34. The van der Waals surface area contributed by atoms with Gasteiger partial charge in [0.2, 0.25) is 5.91 Å². The van der Waals surface area contributed by atoms with E-state index >= 15 is 0 Å². The summed E-state index contributed by atoms with van der Waals surface area (Å²) in [5.41, 5.74) is 0.976. The summed E-state index contributed by atoms with van der Waals surface area (Å²) < 4.78 is 0. The molecule has 2 saturated heterocycles. The van der Waals surface area contributed by atoms with E-state index in [1.54, 1.807) is 0 Å². The summed E-state index contributed by atoms with van der Waals surface area (Å²) in [6.07, 6.45) is 2.81. The summed E-state index contributed by atoms with van der Waals surface area (Å²) in [5.74, 6) is 4.01. The molecule has 0 radical (unpaired) electrons. The Balaban J connectivity index is 1.39. The predicted molar refractivity (Wildman–Crippen MR) is 108 cm³/mol. The monoisotopic (exact) mass is 370 g/mol. The van der Waals surface area contributed by atoms with Crippen molar-refractivity contribution in [2.24, 2.45) is 5.92 Å². The number of piperidine rings is 1. The van der Waals surface area contributed by atoms with Crippen LogP contribution in [0, 0.1) is 12.8 Å². The maximum Gasteiger partial charge on any atom is 0.222 e. The van der Waals surface area contributed by atoms with Gasteiger partial charge in [0, 0.05) is 54.9 Å². The molecule has 2 aliphatic heterocycles. The summed E-state index contributed by atoms with van der Waals surface area (Å²) in [7, 11) is 0. The van der Waals surface area contributed by atoms with Crippen LogP contribution in [0.15, 0.2) is 24.3 Å². The van der Waals surface area contributed by atoms with E-state index < -0.39 is 0 Å². The summed E-state index contributed by atoms with van der Waals surface area (Å²) >= 11 is 1.95. The number of nitrogens with zero attached hydrogens (tertiary/aromatic N) is 4. The lowest BCUT2D eigenvalue weighted by atomic mass is 9.92. The molecular weight excluding hydrogens is 344 g/mol. The lowest BCUT2D eigenvalue weighted by molar-refractivity contribution is -0.132. The van der Waals surface area contributed by atoms with Gasteiger partial charge in [-0.3, -0.25) is 4.79 Å². The highest BCUT2D eigenvalue weighted by Gasteiger charge is 2.26. The van der Waals surface area contributed by atoms with Gasteiger partial charge in [0.15, 0.2) is 5.82 Å². The molecule has 0 bridgehead atoms. The fourth-order valence-electron chi connectivity index (χ4n) is 3.99. The van der Waals surface area contributed by atoms with E-state index in [1.165, 1.54) is 10.8 Å². The summed E-state index contributed by atoms with van der Waals surface area (Å²) in [6, 6.07) is 8.37. The third kappa shape index (κ3) is 3.65. The highest BCUT2D eigenvalue weighted by atomic mass is 32.2. The molecule has 138 valence electrons. The average molecular weight is 371 g/mol. The van der Waals surface area contributed by atoms with Gasteiger partial charge in [0.1, 0.15) is 0 Å². The number of carbonyl (C=O) groups excluding carboxylic acids is 1. The second kappa shape index (κ2) is 7.82. The van der Waals surface area contributed by atoms with Crippen molar-refractivity contribution in [2.75, 3.05) is 42.6 Å². The molecule has 26 heavy (non-hydrogen) atoms. The molecule has 0 unspecified atom stereocenters. The fourth-order valence-corrected chi connectivity index (χ4v) is 4.90. The Bertz CT molecular complexity index is 782. The molecule has 0 saturated carbocycles. The van der Waals surface area contributed by atoms with Crippen LogP contribution in [0.1, 0.15) is 25.0 Å². The van der Waals surface area contributed by atoms with Gasteiger partial charge in [-0.15, -0.1) is 5.10 Å². The SMILES string of the molecule is Cc1nnc(N2CCC(CC(=O)N3CCSCC3)CC2)c2ccccc12. The molecule has 1 amide bonds. The van der Waals surface area contributed by atoms with Gasteiger partial charge in [0.25, 0.3) is 0 Å². The van der Waals surface area contributed by atoms with Gasteiger partial charge >= 0.3 is 0 Å². The first-order chi connectivity index (χ1) is 12.7. The molecule has 0 atom stereocenters. The largest absolute Gasteiger partial charge is 0.355 e. The van der Waals surface area contributed by atoms with Crippen molar-refractivity contribution in [2.45, 2.75) is 26.2 Å². The van der Waals surface area contributed by atoms with E-state index in [2.05, 4.69) is 44.3 Å². The summed E-state index contributed by atoms with van der Waals surface area (Å²) in [6.45, 7) is 5.77. The van der Waals surface area contributed by atoms with Crippen molar-refractivity contribution in [3.05, 3.63) is 30.0 Å². The first kappa shape index (κ1) is 17.6. The molecule has 1 aromatic carbocycles. The third-order valence-electron chi connectivity index (χ3n) is 5.59. The van der Waals surface area contributed by atoms with Crippen molar-refractivity contribution < 1.29 is 4.79 Å². The molecule has 2 aromatic rings. The van der Waals surface area contributed by atoms with Gasteiger partial charge < -0.3 is 9.80 Å². The summed E-state index contributed by atoms with van der Waals surface area (Å²) in [5, 5.41) is 11.2. The van der Waals surface area contributed by atoms with Crippen molar-refractivity contribution in [1.82, 2.24) is 15.1 Å². The second-order valence-corrected chi connectivity index (χ2v) is 8.51. The quantitative estimate of drug-likeness (QED) is 0.831. The zero-order valence-corrected chi connectivity index (χ0v) is 16.2. The van der Waals surface area contributed by atoms with Crippen LogP contribution in [0.3, 0.4) is 0 Å². The molecule has 5 nitrogen and oxygen atoms in total. The van der Waals surface area contributed by atoms with Crippen LogP contribution < -0.4 is 4.90 Å². The number of aryl methyl sites for hydroxylation is 1. The van der Waals surface area contributed by atoms with Gasteiger partial charge in [-0.1, -0.05) is 24.3 Å². The van der Waals surface area contributed by atoms with Crippen LogP contribution in [0.4, 0.5) is 5.82 Å². The topological polar surface area (TPSA) is 49.3 Å². The van der Waals surface area contributed by atoms with Crippen LogP contribution >= 0.6 is 11.8 Å². The Morgan fingerprint density at radius 1 is 1.08 bits per heavy atom. The number of amides is 1. The van der Waals surface area contributed by atoms with Gasteiger partial charge in [-0.05, 0) is 25.7 Å². The minimum absolute atomic E-state index is 0.351. The molecule has 2 aliphatic rings. The molecular formula is C20H26N4OS. The highest BCUT2D eigenvalue weighted by molar-refractivity contribution is 7.99. The van der Waals surface area contributed by atoms with Crippen LogP contribution in [0.25, 0.3) is 10.8 Å². The Morgan fingerprint density at radius 2 is 1.77 bits per heavy atom. The van der Waals surface area contributed by atoms with E-state index in [1.807, 2.05) is 18.7 Å². The number of aromatic nitrogens is 2. The minimum Gasteiger partial charge on any atom is -0.355 e. The average Bonchev–Trinajstić information content (AvgIpc) is 2.70. The zero-order valence-electron chi connectivity index (χ0n) is 15.4. The molecule has 2 fully saturated rings. The van der Waals surface area contributed by atoms with E-state index in [9.17, 15) is 4.79 Å². The Kier molecular flexibility index (Phi) is 5.29. The smallest absolute Gasteiger partial charge is 0.222 e. The number of fused-ring (bicyclic) bond motifs is 1. The zero-order chi connectivity index (χ0) is 17.9. The van der Waals surface area contributed by atoms with Crippen LogP contribution in [-0.4, -0.2) is 58.7 Å². The molecule has 3 heterocycles. The lowest BCUT2D eigenvalue weighted by Crippen LogP contribution is -2.40. The first-order valence-corrected chi connectivity index (χ1v) is 10.7. The number of carbonyl (C=O) groups is 1. The highest BCUT2D eigenvalue weighted by Crippen LogP contribution is 2.30. The predicted octanol–water partition coefficient (Wildman–Crippen LogP) is 3.12. The van der Waals surface area contributed by atoms with Crippen molar-refractivity contribution in [3.63, 3.8) is 0 Å². The Morgan fingerprint density at radius 3 is 2.50 bits per heavy atom. The van der Waals surface area contributed by atoms with E-state index in [0.29, 0.717) is 18.2 Å². The third-order valence-corrected chi connectivity index (χ3v) is 6.54. The number of thioether (sulfide) groups is 1. The molecule has 0 N–H and O–H groups in total. The van der Waals surface area contributed by atoms with E-state index in [-0.39, 0.29) is 0 Å². The fraction of sp³-hybridized carbons (Fsp3) is 0.550. The molecule has 6 heteroatoms. The summed E-state index contributed by atoms with van der Waals surface area (Å²) in [4.78, 5) is 16.9. The van der Waals surface area contributed by atoms with Crippen LogP contribution in [0.5, 0.6) is 0 Å². The van der Waals surface area contributed by atoms with E-state index in [0.717, 1.165) is 62.0 Å². The number of rotatable bonds is 3. The number of anilines is 1. The minimum atomic E-state index is 0.351. The van der Waals surface area contributed by atoms with Crippen molar-refractivity contribution in [3.8, 4) is 0 Å². The van der Waals surface area contributed by atoms with Crippen LogP contribution in [0.2, 0.25) is 0 Å².